The molecule has 0 amide bonds. The second-order valence-corrected chi connectivity index (χ2v) is 6.68. The molecule has 2 rings (SSSR count). The van der Waals surface area contributed by atoms with Gasteiger partial charge in [0.05, 0.1) is 11.6 Å². The molecule has 0 radical (unpaired) electrons. The van der Waals surface area contributed by atoms with Crippen molar-refractivity contribution in [3.8, 4) is 12.1 Å². The Kier molecular flexibility index (Phi) is 4.02. The highest BCUT2D eigenvalue weighted by molar-refractivity contribution is 7.12. The maximum absolute atomic E-state index is 9.42. The van der Waals surface area contributed by atoms with E-state index in [1.165, 1.54) is 4.88 Å². The highest BCUT2D eigenvalue weighted by Gasteiger charge is 2.37. The first-order valence-electron chi connectivity index (χ1n) is 6.59. The minimum Gasteiger partial charge on any atom is -0.481 e. The molecular weight excluding hydrogens is 280 g/mol. The fourth-order valence-electron chi connectivity index (χ4n) is 2.20. The number of hydrogen-bond donors (Lipinski definition) is 0. The summed E-state index contributed by atoms with van der Waals surface area (Å²) in [5.74, 6) is 0.395. The first kappa shape index (κ1) is 15.1. The Morgan fingerprint density at radius 1 is 1.29 bits per heavy atom. The van der Waals surface area contributed by atoms with E-state index in [0.29, 0.717) is 16.9 Å². The van der Waals surface area contributed by atoms with Gasteiger partial charge in [0.2, 0.25) is 0 Å². The van der Waals surface area contributed by atoms with Crippen LogP contribution in [0.3, 0.4) is 0 Å². The first-order chi connectivity index (χ1) is 9.89. The fraction of sp³-hybridized carbons (Fsp3) is 0.294. The van der Waals surface area contributed by atoms with Gasteiger partial charge in [-0.05, 0) is 45.9 Å². The van der Waals surface area contributed by atoms with E-state index < -0.39 is 5.60 Å². The molecule has 0 unspecified atom stereocenters. The van der Waals surface area contributed by atoms with Crippen LogP contribution in [0.25, 0.3) is 6.08 Å². The number of aryl methyl sites for hydroxylation is 1. The molecule has 3 nitrogen and oxygen atoms in total. The summed E-state index contributed by atoms with van der Waals surface area (Å²) < 4.78 is 5.82. The Hall–Kier alpha value is -2.30. The monoisotopic (exact) mass is 296 g/mol. The number of allylic oxidation sites excluding steroid dienone is 2. The van der Waals surface area contributed by atoms with Gasteiger partial charge in [-0.3, -0.25) is 0 Å². The van der Waals surface area contributed by atoms with E-state index in [1.807, 2.05) is 32.1 Å². The van der Waals surface area contributed by atoms with Gasteiger partial charge in [-0.1, -0.05) is 6.08 Å². The average Bonchev–Trinajstić information content (AvgIpc) is 2.96. The van der Waals surface area contributed by atoms with Gasteiger partial charge >= 0.3 is 0 Å². The van der Waals surface area contributed by atoms with Crippen LogP contribution < -0.4 is 0 Å². The Labute approximate surface area is 129 Å². The first-order valence-corrected chi connectivity index (χ1v) is 7.40. The topological polar surface area (TPSA) is 56.8 Å². The molecule has 1 aliphatic heterocycles. The van der Waals surface area contributed by atoms with Gasteiger partial charge < -0.3 is 4.74 Å². The van der Waals surface area contributed by atoms with Gasteiger partial charge in [0.25, 0.3) is 0 Å². The van der Waals surface area contributed by atoms with Gasteiger partial charge in [-0.15, -0.1) is 11.3 Å². The van der Waals surface area contributed by atoms with E-state index in [-0.39, 0.29) is 0 Å². The highest BCUT2D eigenvalue weighted by Crippen LogP contribution is 2.40. The lowest BCUT2D eigenvalue weighted by Crippen LogP contribution is -2.20. The van der Waals surface area contributed by atoms with Crippen LogP contribution in [0.5, 0.6) is 0 Å². The lowest BCUT2D eigenvalue weighted by molar-refractivity contribution is 0.0949. The maximum Gasteiger partial charge on any atom is 0.152 e. The smallest absolute Gasteiger partial charge is 0.152 e. The second-order valence-electron chi connectivity index (χ2n) is 5.36. The second kappa shape index (κ2) is 5.60. The fourth-order valence-corrected chi connectivity index (χ4v) is 2.98. The van der Waals surface area contributed by atoms with E-state index in [4.69, 9.17) is 10.00 Å². The molecule has 21 heavy (non-hydrogen) atoms. The summed E-state index contributed by atoms with van der Waals surface area (Å²) in [5.41, 5.74) is 1.07. The van der Waals surface area contributed by atoms with Gasteiger partial charge in [0.15, 0.2) is 5.76 Å². The van der Waals surface area contributed by atoms with Crippen LogP contribution >= 0.6 is 11.3 Å². The molecular formula is C17H16N2OS. The van der Waals surface area contributed by atoms with Crippen LogP contribution in [0.2, 0.25) is 0 Å². The SMILES string of the molecule is C/C(C#N)=C1\OC(C)(C)C(/C=C/c2ccc(C)s2)=C1C#N. The average molecular weight is 296 g/mol. The molecule has 2 heterocycles. The third kappa shape index (κ3) is 2.91. The molecule has 0 spiro atoms. The molecule has 1 aliphatic rings. The van der Waals surface area contributed by atoms with E-state index in [0.717, 1.165) is 10.5 Å². The summed E-state index contributed by atoms with van der Waals surface area (Å²) in [7, 11) is 0. The van der Waals surface area contributed by atoms with Crippen molar-refractivity contribution in [2.75, 3.05) is 0 Å². The van der Waals surface area contributed by atoms with Crippen molar-refractivity contribution in [1.82, 2.24) is 0 Å². The predicted molar refractivity (Wildman–Crippen MR) is 84.2 cm³/mol. The minimum absolute atomic E-state index is 0.395. The number of nitriles is 2. The zero-order chi connectivity index (χ0) is 15.6. The summed E-state index contributed by atoms with van der Waals surface area (Å²) in [6.07, 6.45) is 3.90. The molecule has 0 bridgehead atoms. The Morgan fingerprint density at radius 2 is 2.00 bits per heavy atom. The number of ether oxygens (including phenoxy) is 1. The summed E-state index contributed by atoms with van der Waals surface area (Å²) >= 11 is 1.69. The maximum atomic E-state index is 9.42. The van der Waals surface area contributed by atoms with Crippen LogP contribution in [0.1, 0.15) is 30.5 Å². The van der Waals surface area contributed by atoms with Gasteiger partial charge in [-0.2, -0.15) is 10.5 Å². The predicted octanol–water partition coefficient (Wildman–Crippen LogP) is 4.50. The third-order valence-corrected chi connectivity index (χ3v) is 4.26. The van der Waals surface area contributed by atoms with Crippen molar-refractivity contribution >= 4 is 17.4 Å². The van der Waals surface area contributed by atoms with Gasteiger partial charge in [0.1, 0.15) is 17.2 Å². The number of rotatable bonds is 2. The zero-order valence-corrected chi connectivity index (χ0v) is 13.3. The molecule has 1 aromatic rings. The van der Waals surface area contributed by atoms with Crippen molar-refractivity contribution in [1.29, 1.82) is 10.5 Å². The van der Waals surface area contributed by atoms with E-state index >= 15 is 0 Å². The van der Waals surface area contributed by atoms with Crippen molar-refractivity contribution in [3.05, 3.63) is 50.4 Å². The largest absolute Gasteiger partial charge is 0.481 e. The quantitative estimate of drug-likeness (QED) is 0.755. The van der Waals surface area contributed by atoms with Crippen LogP contribution in [-0.4, -0.2) is 5.60 Å². The van der Waals surface area contributed by atoms with Crippen molar-refractivity contribution in [2.45, 2.75) is 33.3 Å². The molecule has 1 aromatic heterocycles. The Morgan fingerprint density at radius 3 is 2.52 bits per heavy atom. The molecule has 106 valence electrons. The Balaban J connectivity index is 2.50. The molecule has 0 aromatic carbocycles. The summed E-state index contributed by atoms with van der Waals surface area (Å²) in [6.45, 7) is 7.53. The van der Waals surface area contributed by atoms with Crippen LogP contribution in [0.15, 0.2) is 40.7 Å². The molecule has 0 N–H and O–H groups in total. The highest BCUT2D eigenvalue weighted by atomic mass is 32.1. The van der Waals surface area contributed by atoms with Crippen molar-refractivity contribution < 1.29 is 4.74 Å². The number of thiophene rings is 1. The standard InChI is InChI=1S/C17H16N2OS/c1-11(9-18)16-14(10-19)15(17(3,4)20-16)8-7-13-6-5-12(2)21-13/h5-8H,1-4H3/b8-7+,16-11+. The summed E-state index contributed by atoms with van der Waals surface area (Å²) in [4.78, 5) is 2.37. The molecule has 0 atom stereocenters. The minimum atomic E-state index is -0.610. The van der Waals surface area contributed by atoms with Crippen molar-refractivity contribution in [2.24, 2.45) is 0 Å². The molecule has 4 heteroatoms. The van der Waals surface area contributed by atoms with Crippen LogP contribution in [-0.2, 0) is 4.74 Å². The molecule has 0 fully saturated rings. The normalized spacial score (nSPS) is 19.3. The molecule has 0 saturated heterocycles. The lowest BCUT2D eigenvalue weighted by atomic mass is 9.94. The number of nitrogens with zero attached hydrogens (tertiary/aromatic N) is 2. The third-order valence-electron chi connectivity index (χ3n) is 3.30. The van der Waals surface area contributed by atoms with E-state index in [1.54, 1.807) is 18.3 Å². The van der Waals surface area contributed by atoms with E-state index in [9.17, 15) is 5.26 Å². The lowest BCUT2D eigenvalue weighted by Gasteiger charge is -2.20. The van der Waals surface area contributed by atoms with Gasteiger partial charge in [0, 0.05) is 15.3 Å². The van der Waals surface area contributed by atoms with Crippen molar-refractivity contribution in [3.63, 3.8) is 0 Å². The number of hydrogen-bond acceptors (Lipinski definition) is 4. The summed E-state index contributed by atoms with van der Waals surface area (Å²) in [5, 5.41) is 18.5. The van der Waals surface area contributed by atoms with Gasteiger partial charge in [-0.25, -0.2) is 0 Å². The molecule has 0 aliphatic carbocycles. The van der Waals surface area contributed by atoms with E-state index in [2.05, 4.69) is 25.1 Å². The molecule has 0 saturated carbocycles. The summed E-state index contributed by atoms with van der Waals surface area (Å²) in [6, 6.07) is 8.33. The Bertz CT molecular complexity index is 748. The zero-order valence-electron chi connectivity index (χ0n) is 12.5. The van der Waals surface area contributed by atoms with Crippen LogP contribution in [0, 0.1) is 29.6 Å². The van der Waals surface area contributed by atoms with Crippen LogP contribution in [0.4, 0.5) is 0 Å².